The number of imidazole rings is 1. The summed E-state index contributed by atoms with van der Waals surface area (Å²) in [6, 6.07) is 16.8. The SMILES string of the molecule is CCC(C(=O)NO)c1nc2ccccc2n1CC(C)(C)c1ccc(C(C)(C)C)cc1. The van der Waals surface area contributed by atoms with E-state index in [9.17, 15) is 10.0 Å². The third kappa shape index (κ3) is 4.26. The molecule has 5 heteroatoms. The lowest BCUT2D eigenvalue weighted by molar-refractivity contribution is -0.131. The van der Waals surface area contributed by atoms with Gasteiger partial charge in [-0.3, -0.25) is 10.0 Å². The number of rotatable bonds is 6. The summed E-state index contributed by atoms with van der Waals surface area (Å²) in [5, 5.41) is 9.23. The molecule has 5 nitrogen and oxygen atoms in total. The summed E-state index contributed by atoms with van der Waals surface area (Å²) >= 11 is 0. The monoisotopic (exact) mass is 407 g/mol. The first-order chi connectivity index (χ1) is 14.1. The number of hydroxylamine groups is 1. The van der Waals surface area contributed by atoms with Crippen LogP contribution in [0.3, 0.4) is 0 Å². The predicted octanol–water partition coefficient (Wildman–Crippen LogP) is 5.31. The predicted molar refractivity (Wildman–Crippen MR) is 121 cm³/mol. The number of benzene rings is 2. The van der Waals surface area contributed by atoms with Crippen molar-refractivity contribution >= 4 is 16.9 Å². The second kappa shape index (κ2) is 8.23. The van der Waals surface area contributed by atoms with Gasteiger partial charge in [0.25, 0.3) is 5.91 Å². The van der Waals surface area contributed by atoms with E-state index in [1.165, 1.54) is 11.1 Å². The highest BCUT2D eigenvalue weighted by atomic mass is 16.5. The molecule has 0 aliphatic rings. The highest BCUT2D eigenvalue weighted by Gasteiger charge is 2.29. The highest BCUT2D eigenvalue weighted by Crippen LogP contribution is 2.32. The number of hydrogen-bond acceptors (Lipinski definition) is 3. The third-order valence-corrected chi connectivity index (χ3v) is 5.92. The molecule has 2 N–H and O–H groups in total. The normalized spacial score (nSPS) is 13.4. The second-order valence-corrected chi connectivity index (χ2v) is 9.69. The molecule has 30 heavy (non-hydrogen) atoms. The topological polar surface area (TPSA) is 67.2 Å². The van der Waals surface area contributed by atoms with E-state index >= 15 is 0 Å². The van der Waals surface area contributed by atoms with Crippen molar-refractivity contribution in [2.75, 3.05) is 0 Å². The zero-order chi connectivity index (χ0) is 22.1. The van der Waals surface area contributed by atoms with Crippen molar-refractivity contribution in [1.29, 1.82) is 0 Å². The van der Waals surface area contributed by atoms with E-state index in [1.54, 1.807) is 0 Å². The molecule has 0 saturated heterocycles. The van der Waals surface area contributed by atoms with Crippen LogP contribution in [0.15, 0.2) is 48.5 Å². The molecule has 3 rings (SSSR count). The van der Waals surface area contributed by atoms with E-state index in [2.05, 4.69) is 63.5 Å². The maximum absolute atomic E-state index is 12.3. The number of hydrogen-bond donors (Lipinski definition) is 2. The van der Waals surface area contributed by atoms with Gasteiger partial charge in [-0.2, -0.15) is 0 Å². The number of nitrogens with zero attached hydrogens (tertiary/aromatic N) is 2. The molecule has 1 atom stereocenters. The quantitative estimate of drug-likeness (QED) is 0.430. The molecule has 1 unspecified atom stereocenters. The summed E-state index contributed by atoms with van der Waals surface area (Å²) in [6.07, 6.45) is 0.552. The van der Waals surface area contributed by atoms with Crippen LogP contribution < -0.4 is 5.48 Å². The number of aromatic nitrogens is 2. The van der Waals surface area contributed by atoms with E-state index in [1.807, 2.05) is 36.7 Å². The molecule has 1 heterocycles. The van der Waals surface area contributed by atoms with Crippen molar-refractivity contribution in [2.24, 2.45) is 0 Å². The zero-order valence-corrected chi connectivity index (χ0v) is 18.9. The van der Waals surface area contributed by atoms with Crippen molar-refractivity contribution in [2.45, 2.75) is 71.3 Å². The summed E-state index contributed by atoms with van der Waals surface area (Å²) < 4.78 is 2.14. The van der Waals surface area contributed by atoms with Crippen molar-refractivity contribution in [3.05, 3.63) is 65.5 Å². The first kappa shape index (κ1) is 22.0. The van der Waals surface area contributed by atoms with Crippen molar-refractivity contribution in [3.63, 3.8) is 0 Å². The van der Waals surface area contributed by atoms with Crippen LogP contribution in [0.2, 0.25) is 0 Å². The van der Waals surface area contributed by atoms with Gasteiger partial charge in [0, 0.05) is 12.0 Å². The van der Waals surface area contributed by atoms with Crippen LogP contribution in [0.1, 0.15) is 70.8 Å². The molecule has 0 radical (unpaired) electrons. The Bertz CT molecular complexity index is 1030. The molecule has 0 aliphatic heterocycles. The van der Waals surface area contributed by atoms with Gasteiger partial charge in [-0.25, -0.2) is 10.5 Å². The lowest BCUT2D eigenvalue weighted by Crippen LogP contribution is -2.31. The fourth-order valence-corrected chi connectivity index (χ4v) is 4.00. The molecule has 160 valence electrons. The number of para-hydroxylation sites is 2. The molecule has 3 aromatic rings. The van der Waals surface area contributed by atoms with E-state index in [4.69, 9.17) is 4.98 Å². The van der Waals surface area contributed by atoms with Crippen LogP contribution >= 0.6 is 0 Å². The fraction of sp³-hybridized carbons (Fsp3) is 0.440. The maximum atomic E-state index is 12.3. The first-order valence-electron chi connectivity index (χ1n) is 10.6. The van der Waals surface area contributed by atoms with Gasteiger partial charge in [0.2, 0.25) is 0 Å². The zero-order valence-electron chi connectivity index (χ0n) is 18.9. The van der Waals surface area contributed by atoms with Crippen molar-refractivity contribution < 1.29 is 10.0 Å². The number of amides is 1. The summed E-state index contributed by atoms with van der Waals surface area (Å²) in [5.74, 6) is -0.257. The van der Waals surface area contributed by atoms with E-state index in [0.29, 0.717) is 18.8 Å². The smallest absolute Gasteiger partial charge is 0.254 e. The average Bonchev–Trinajstić information content (AvgIpc) is 3.05. The van der Waals surface area contributed by atoms with Crippen LogP contribution in [0.5, 0.6) is 0 Å². The van der Waals surface area contributed by atoms with Gasteiger partial charge in [-0.15, -0.1) is 0 Å². The molecule has 0 aliphatic carbocycles. The Morgan fingerprint density at radius 1 is 1.03 bits per heavy atom. The second-order valence-electron chi connectivity index (χ2n) is 9.69. The van der Waals surface area contributed by atoms with Crippen molar-refractivity contribution in [1.82, 2.24) is 15.0 Å². The van der Waals surface area contributed by atoms with Gasteiger partial charge < -0.3 is 4.57 Å². The van der Waals surface area contributed by atoms with Crippen LogP contribution in [-0.4, -0.2) is 20.7 Å². The Morgan fingerprint density at radius 3 is 2.20 bits per heavy atom. The van der Waals surface area contributed by atoms with Gasteiger partial charge in [0.05, 0.1) is 17.0 Å². The van der Waals surface area contributed by atoms with Crippen LogP contribution in [0.25, 0.3) is 11.0 Å². The fourth-order valence-electron chi connectivity index (χ4n) is 4.00. The van der Waals surface area contributed by atoms with Gasteiger partial charge in [-0.05, 0) is 35.1 Å². The Morgan fingerprint density at radius 2 is 1.63 bits per heavy atom. The van der Waals surface area contributed by atoms with Gasteiger partial charge in [0.15, 0.2) is 0 Å². The largest absolute Gasteiger partial charge is 0.326 e. The van der Waals surface area contributed by atoms with Gasteiger partial charge in [-0.1, -0.05) is 77.9 Å². The molecule has 0 saturated carbocycles. The average molecular weight is 408 g/mol. The number of fused-ring (bicyclic) bond motifs is 1. The molecular formula is C25H33N3O2. The van der Waals surface area contributed by atoms with E-state index in [0.717, 1.165) is 11.0 Å². The molecule has 1 amide bonds. The Labute approximate surface area is 179 Å². The molecule has 2 aromatic carbocycles. The first-order valence-corrected chi connectivity index (χ1v) is 10.6. The number of nitrogens with one attached hydrogen (secondary N) is 1. The molecule has 1 aromatic heterocycles. The van der Waals surface area contributed by atoms with Crippen molar-refractivity contribution in [3.8, 4) is 0 Å². The Balaban J connectivity index is 2.05. The molecule has 0 spiro atoms. The minimum atomic E-state index is -0.513. The standard InChI is InChI=1S/C25H33N3O2/c1-7-19(23(29)27-30)22-26-20-10-8-9-11-21(20)28(22)16-25(5,6)18-14-12-17(13-15-18)24(2,3)4/h8-15,19,30H,7,16H2,1-6H3,(H,27,29). The minimum absolute atomic E-state index is 0.113. The Hall–Kier alpha value is -2.66. The number of carbonyl (C=O) groups excluding carboxylic acids is 1. The molecule has 0 fully saturated rings. The molecular weight excluding hydrogens is 374 g/mol. The van der Waals surface area contributed by atoms with E-state index in [-0.39, 0.29) is 10.8 Å². The minimum Gasteiger partial charge on any atom is -0.326 e. The number of carbonyl (C=O) groups is 1. The van der Waals surface area contributed by atoms with Crippen LogP contribution in [0, 0.1) is 0 Å². The lowest BCUT2D eigenvalue weighted by atomic mass is 9.81. The summed E-state index contributed by atoms with van der Waals surface area (Å²) in [5.41, 5.74) is 6.14. The third-order valence-electron chi connectivity index (χ3n) is 5.92. The van der Waals surface area contributed by atoms with Crippen LogP contribution in [-0.2, 0) is 22.2 Å². The molecule has 0 bridgehead atoms. The lowest BCUT2D eigenvalue weighted by Gasteiger charge is -2.29. The van der Waals surface area contributed by atoms with E-state index < -0.39 is 11.8 Å². The van der Waals surface area contributed by atoms with Gasteiger partial charge in [0.1, 0.15) is 5.82 Å². The summed E-state index contributed by atoms with van der Waals surface area (Å²) in [7, 11) is 0. The summed E-state index contributed by atoms with van der Waals surface area (Å²) in [4.78, 5) is 17.1. The van der Waals surface area contributed by atoms with Crippen LogP contribution in [0.4, 0.5) is 0 Å². The van der Waals surface area contributed by atoms with Gasteiger partial charge >= 0.3 is 0 Å². The summed E-state index contributed by atoms with van der Waals surface area (Å²) in [6.45, 7) is 13.7. The maximum Gasteiger partial charge on any atom is 0.254 e. The Kier molecular flexibility index (Phi) is 6.04. The highest BCUT2D eigenvalue weighted by molar-refractivity contribution is 5.84.